The van der Waals surface area contributed by atoms with Crippen molar-refractivity contribution in [2.45, 2.75) is 19.8 Å². The zero-order valence-corrected chi connectivity index (χ0v) is 11.4. The van der Waals surface area contributed by atoms with E-state index in [0.29, 0.717) is 22.7 Å². The molecule has 96 valence electrons. The summed E-state index contributed by atoms with van der Waals surface area (Å²) >= 11 is 6.06. The number of aromatic nitrogens is 2. The van der Waals surface area contributed by atoms with E-state index >= 15 is 0 Å². The second-order valence-corrected chi connectivity index (χ2v) is 4.78. The molecule has 3 N–H and O–H groups in total. The molecule has 0 spiro atoms. The molecule has 0 saturated carbocycles. The first-order valence-corrected chi connectivity index (χ1v) is 6.10. The van der Waals surface area contributed by atoms with Crippen LogP contribution in [0.25, 0.3) is 11.3 Å². The summed E-state index contributed by atoms with van der Waals surface area (Å²) in [5.74, 6) is 1.48. The number of nitrogen functional groups attached to an aromatic ring is 1. The van der Waals surface area contributed by atoms with Gasteiger partial charge in [-0.1, -0.05) is 31.5 Å². The van der Waals surface area contributed by atoms with Crippen molar-refractivity contribution in [3.63, 3.8) is 0 Å². The van der Waals surface area contributed by atoms with E-state index in [9.17, 15) is 0 Å². The third-order valence-corrected chi connectivity index (χ3v) is 3.10. The highest BCUT2D eigenvalue weighted by Crippen LogP contribution is 2.35. The largest absolute Gasteiger partial charge is 0.496 e. The lowest BCUT2D eigenvalue weighted by Gasteiger charge is -2.11. The van der Waals surface area contributed by atoms with Gasteiger partial charge in [0.05, 0.1) is 7.11 Å². The number of nitrogens with one attached hydrogen (secondary N) is 1. The van der Waals surface area contributed by atoms with Crippen LogP contribution in [0.1, 0.15) is 25.3 Å². The number of rotatable bonds is 3. The highest BCUT2D eigenvalue weighted by atomic mass is 35.5. The molecule has 0 aliphatic carbocycles. The zero-order chi connectivity index (χ0) is 13.3. The Bertz CT molecular complexity index is 563. The van der Waals surface area contributed by atoms with Crippen LogP contribution >= 0.6 is 11.6 Å². The molecule has 0 atom stereocenters. The average molecular weight is 266 g/mol. The van der Waals surface area contributed by atoms with Gasteiger partial charge >= 0.3 is 0 Å². The van der Waals surface area contributed by atoms with Crippen molar-refractivity contribution < 1.29 is 4.74 Å². The maximum Gasteiger partial charge on any atom is 0.199 e. The molecular weight excluding hydrogens is 250 g/mol. The SMILES string of the molecule is COc1cc(C(C)C)ccc1-c1nc(N)[nH]c1Cl. The Morgan fingerprint density at radius 3 is 2.61 bits per heavy atom. The molecule has 0 aliphatic rings. The lowest BCUT2D eigenvalue weighted by atomic mass is 10.00. The van der Waals surface area contributed by atoms with E-state index in [-0.39, 0.29) is 0 Å². The van der Waals surface area contributed by atoms with Gasteiger partial charge in [-0.2, -0.15) is 0 Å². The fraction of sp³-hybridized carbons (Fsp3) is 0.308. The lowest BCUT2D eigenvalue weighted by molar-refractivity contribution is 0.415. The van der Waals surface area contributed by atoms with Gasteiger partial charge in [-0.15, -0.1) is 0 Å². The number of halogens is 1. The molecule has 0 amide bonds. The summed E-state index contributed by atoms with van der Waals surface area (Å²) in [7, 11) is 1.63. The first kappa shape index (κ1) is 12.8. The minimum absolute atomic E-state index is 0.296. The van der Waals surface area contributed by atoms with Crippen LogP contribution in [0.15, 0.2) is 18.2 Å². The Balaban J connectivity index is 2.54. The van der Waals surface area contributed by atoms with E-state index in [1.54, 1.807) is 7.11 Å². The van der Waals surface area contributed by atoms with E-state index in [0.717, 1.165) is 11.3 Å². The van der Waals surface area contributed by atoms with Gasteiger partial charge in [0.25, 0.3) is 0 Å². The topological polar surface area (TPSA) is 63.9 Å². The third kappa shape index (κ3) is 2.29. The summed E-state index contributed by atoms with van der Waals surface area (Å²) < 4.78 is 5.40. The molecule has 4 nitrogen and oxygen atoms in total. The molecule has 0 bridgehead atoms. The van der Waals surface area contributed by atoms with Crippen LogP contribution in [0.2, 0.25) is 5.15 Å². The average Bonchev–Trinajstić information content (AvgIpc) is 2.67. The van der Waals surface area contributed by atoms with E-state index in [2.05, 4.69) is 23.8 Å². The van der Waals surface area contributed by atoms with Crippen molar-refractivity contribution in [2.24, 2.45) is 0 Å². The summed E-state index contributed by atoms with van der Waals surface area (Å²) in [5.41, 5.74) is 8.24. The molecule has 0 aliphatic heterocycles. The minimum atomic E-state index is 0.296. The van der Waals surface area contributed by atoms with Crippen LogP contribution in [0.3, 0.4) is 0 Å². The van der Waals surface area contributed by atoms with Crippen molar-refractivity contribution in [3.8, 4) is 17.0 Å². The first-order valence-electron chi connectivity index (χ1n) is 5.72. The number of anilines is 1. The summed E-state index contributed by atoms with van der Waals surface area (Å²) in [5, 5.41) is 0.420. The highest BCUT2D eigenvalue weighted by Gasteiger charge is 2.15. The van der Waals surface area contributed by atoms with E-state index in [1.807, 2.05) is 18.2 Å². The second kappa shape index (κ2) is 4.90. The molecule has 1 aromatic carbocycles. The number of H-pyrrole nitrogens is 1. The molecular formula is C13H16ClN3O. The number of nitrogens with two attached hydrogens (primary N) is 1. The van der Waals surface area contributed by atoms with Crippen molar-refractivity contribution in [1.82, 2.24) is 9.97 Å². The number of benzene rings is 1. The molecule has 2 rings (SSSR count). The number of imidazole rings is 1. The Morgan fingerprint density at radius 2 is 2.11 bits per heavy atom. The van der Waals surface area contributed by atoms with E-state index < -0.39 is 0 Å². The normalized spacial score (nSPS) is 10.9. The van der Waals surface area contributed by atoms with Crippen LogP contribution in [-0.4, -0.2) is 17.1 Å². The summed E-state index contributed by atoms with van der Waals surface area (Å²) in [4.78, 5) is 6.95. The van der Waals surface area contributed by atoms with E-state index in [4.69, 9.17) is 22.1 Å². The number of aromatic amines is 1. The van der Waals surface area contributed by atoms with Crippen LogP contribution in [-0.2, 0) is 0 Å². The monoisotopic (exact) mass is 265 g/mol. The zero-order valence-electron chi connectivity index (χ0n) is 10.6. The van der Waals surface area contributed by atoms with Crippen LogP contribution in [0, 0.1) is 0 Å². The lowest BCUT2D eigenvalue weighted by Crippen LogP contribution is -1.93. The van der Waals surface area contributed by atoms with Crippen molar-refractivity contribution >= 4 is 17.5 Å². The summed E-state index contributed by atoms with van der Waals surface area (Å²) in [6.45, 7) is 4.27. The van der Waals surface area contributed by atoms with Gasteiger partial charge < -0.3 is 15.5 Å². The first-order chi connectivity index (χ1) is 8.52. The highest BCUT2D eigenvalue weighted by molar-refractivity contribution is 6.32. The molecule has 1 heterocycles. The molecule has 0 radical (unpaired) electrons. The van der Waals surface area contributed by atoms with Crippen LogP contribution < -0.4 is 10.5 Å². The number of methoxy groups -OCH3 is 1. The molecule has 5 heteroatoms. The summed E-state index contributed by atoms with van der Waals surface area (Å²) in [6, 6.07) is 6.00. The van der Waals surface area contributed by atoms with Gasteiger partial charge in [-0.25, -0.2) is 4.98 Å². The smallest absolute Gasteiger partial charge is 0.199 e. The maximum atomic E-state index is 6.06. The second-order valence-electron chi connectivity index (χ2n) is 4.40. The molecule has 0 fully saturated rings. The summed E-state index contributed by atoms with van der Waals surface area (Å²) in [6.07, 6.45) is 0. The number of hydrogen-bond acceptors (Lipinski definition) is 3. The van der Waals surface area contributed by atoms with Crippen LogP contribution in [0.4, 0.5) is 5.95 Å². The van der Waals surface area contributed by atoms with Gasteiger partial charge in [0.1, 0.15) is 16.6 Å². The third-order valence-electron chi connectivity index (χ3n) is 2.83. The Kier molecular flexibility index (Phi) is 3.48. The Labute approximate surface area is 111 Å². The van der Waals surface area contributed by atoms with Gasteiger partial charge in [-0.3, -0.25) is 0 Å². The van der Waals surface area contributed by atoms with Gasteiger partial charge in [0.15, 0.2) is 5.95 Å². The Hall–Kier alpha value is -1.68. The van der Waals surface area contributed by atoms with Gasteiger partial charge in [0, 0.05) is 5.56 Å². The van der Waals surface area contributed by atoms with Crippen molar-refractivity contribution in [1.29, 1.82) is 0 Å². The fourth-order valence-corrected chi connectivity index (χ4v) is 2.05. The molecule has 0 saturated heterocycles. The molecule has 2 aromatic rings. The van der Waals surface area contributed by atoms with Crippen molar-refractivity contribution in [3.05, 3.63) is 28.9 Å². The molecule has 18 heavy (non-hydrogen) atoms. The predicted octanol–water partition coefficient (Wildman–Crippen LogP) is 3.44. The predicted molar refractivity (Wildman–Crippen MR) is 74.1 cm³/mol. The number of nitrogens with zero attached hydrogens (tertiary/aromatic N) is 1. The van der Waals surface area contributed by atoms with Gasteiger partial charge in [-0.05, 0) is 23.6 Å². The molecule has 1 aromatic heterocycles. The standard InChI is InChI=1S/C13H16ClN3O/c1-7(2)8-4-5-9(10(6-8)18-3)11-12(14)17-13(15)16-11/h4-7H,1-3H3,(H3,15,16,17). The maximum absolute atomic E-state index is 6.06. The quantitative estimate of drug-likeness (QED) is 0.893. The molecule has 0 unspecified atom stereocenters. The van der Waals surface area contributed by atoms with Crippen molar-refractivity contribution in [2.75, 3.05) is 12.8 Å². The number of hydrogen-bond donors (Lipinski definition) is 2. The van der Waals surface area contributed by atoms with Gasteiger partial charge in [0.2, 0.25) is 0 Å². The fourth-order valence-electron chi connectivity index (χ4n) is 1.81. The Morgan fingerprint density at radius 1 is 1.39 bits per heavy atom. The number of ether oxygens (including phenoxy) is 1. The van der Waals surface area contributed by atoms with E-state index in [1.165, 1.54) is 5.56 Å². The van der Waals surface area contributed by atoms with Crippen LogP contribution in [0.5, 0.6) is 5.75 Å². The minimum Gasteiger partial charge on any atom is -0.496 e.